The number of fused-ring (bicyclic) bond motifs is 1. The van der Waals surface area contributed by atoms with Crippen molar-refractivity contribution in [3.05, 3.63) is 51.9 Å². The Labute approximate surface area is 113 Å². The van der Waals surface area contributed by atoms with E-state index in [0.717, 1.165) is 15.4 Å². The Balaban J connectivity index is 2.24. The van der Waals surface area contributed by atoms with E-state index in [1.165, 1.54) is 15.9 Å². The highest BCUT2D eigenvalue weighted by molar-refractivity contribution is 7.18. The van der Waals surface area contributed by atoms with E-state index in [0.29, 0.717) is 11.1 Å². The highest BCUT2D eigenvalue weighted by Gasteiger charge is 2.08. The van der Waals surface area contributed by atoms with Crippen molar-refractivity contribution in [1.82, 2.24) is 9.55 Å². The Bertz CT molecular complexity index is 805. The molecule has 0 aliphatic carbocycles. The molecule has 0 N–H and O–H groups in total. The molecule has 0 unspecified atom stereocenters. The third-order valence-electron chi connectivity index (χ3n) is 2.91. The summed E-state index contributed by atoms with van der Waals surface area (Å²) in [6, 6.07) is 9.25. The van der Waals surface area contributed by atoms with E-state index in [4.69, 9.17) is 4.74 Å². The molecule has 4 nitrogen and oxygen atoms in total. The molecule has 2 aromatic heterocycles. The van der Waals surface area contributed by atoms with Crippen LogP contribution in [0.15, 0.2) is 41.5 Å². The molecule has 0 fully saturated rings. The standard InChI is InChI=1S/C14H12N2O2S/c1-9-6-12-13(19-9)15-8-16(14(12)17)10-4-3-5-11(7-10)18-2/h3-8H,1-2H3. The summed E-state index contributed by atoms with van der Waals surface area (Å²) in [5, 5.41) is 0.660. The lowest BCUT2D eigenvalue weighted by atomic mass is 10.3. The van der Waals surface area contributed by atoms with Gasteiger partial charge < -0.3 is 4.74 Å². The number of hydrogen-bond donors (Lipinski definition) is 0. The summed E-state index contributed by atoms with van der Waals surface area (Å²) < 4.78 is 6.71. The molecule has 0 aliphatic heterocycles. The fourth-order valence-electron chi connectivity index (χ4n) is 1.99. The molecule has 1 aromatic carbocycles. The maximum atomic E-state index is 12.4. The van der Waals surface area contributed by atoms with Gasteiger partial charge in [-0.1, -0.05) is 6.07 Å². The number of nitrogens with zero attached hydrogens (tertiary/aromatic N) is 2. The van der Waals surface area contributed by atoms with E-state index in [2.05, 4.69) is 4.98 Å². The van der Waals surface area contributed by atoms with Gasteiger partial charge in [-0.05, 0) is 25.1 Å². The van der Waals surface area contributed by atoms with Crippen LogP contribution >= 0.6 is 11.3 Å². The first-order valence-electron chi connectivity index (χ1n) is 5.81. The van der Waals surface area contributed by atoms with Crippen LogP contribution in [-0.2, 0) is 0 Å². The van der Waals surface area contributed by atoms with Crippen molar-refractivity contribution >= 4 is 21.6 Å². The first kappa shape index (κ1) is 11.9. The summed E-state index contributed by atoms with van der Waals surface area (Å²) >= 11 is 1.53. The summed E-state index contributed by atoms with van der Waals surface area (Å²) in [6.07, 6.45) is 1.56. The molecule has 0 bridgehead atoms. The molecule has 0 aliphatic rings. The average Bonchev–Trinajstić information content (AvgIpc) is 2.81. The largest absolute Gasteiger partial charge is 0.497 e. The number of methoxy groups -OCH3 is 1. The van der Waals surface area contributed by atoms with Crippen molar-refractivity contribution in [2.45, 2.75) is 6.92 Å². The molecule has 0 atom stereocenters. The van der Waals surface area contributed by atoms with Crippen molar-refractivity contribution in [2.75, 3.05) is 7.11 Å². The van der Waals surface area contributed by atoms with Crippen LogP contribution in [0.25, 0.3) is 15.9 Å². The van der Waals surface area contributed by atoms with Gasteiger partial charge in [-0.2, -0.15) is 0 Å². The molecule has 3 rings (SSSR count). The lowest BCUT2D eigenvalue weighted by Crippen LogP contribution is -2.17. The minimum Gasteiger partial charge on any atom is -0.497 e. The molecular formula is C14H12N2O2S. The number of ether oxygens (including phenoxy) is 1. The average molecular weight is 272 g/mol. The summed E-state index contributed by atoms with van der Waals surface area (Å²) in [4.78, 5) is 18.6. The Hall–Kier alpha value is -2.14. The SMILES string of the molecule is COc1cccc(-n2cnc3sc(C)cc3c2=O)c1. The van der Waals surface area contributed by atoms with E-state index >= 15 is 0 Å². The highest BCUT2D eigenvalue weighted by atomic mass is 32.1. The fourth-order valence-corrected chi connectivity index (χ4v) is 2.83. The van der Waals surface area contributed by atoms with Gasteiger partial charge in [0.15, 0.2) is 0 Å². The van der Waals surface area contributed by atoms with E-state index < -0.39 is 0 Å². The summed E-state index contributed by atoms with van der Waals surface area (Å²) in [5.41, 5.74) is 0.699. The molecule has 0 saturated heterocycles. The van der Waals surface area contributed by atoms with Gasteiger partial charge in [0, 0.05) is 10.9 Å². The zero-order chi connectivity index (χ0) is 13.4. The van der Waals surface area contributed by atoms with Crippen molar-refractivity contribution in [2.24, 2.45) is 0 Å². The molecule has 0 spiro atoms. The zero-order valence-corrected chi connectivity index (χ0v) is 11.4. The summed E-state index contributed by atoms with van der Waals surface area (Å²) in [6.45, 7) is 1.97. The highest BCUT2D eigenvalue weighted by Crippen LogP contribution is 2.21. The molecule has 96 valence electrons. The third-order valence-corrected chi connectivity index (χ3v) is 3.87. The minimum absolute atomic E-state index is 0.0531. The predicted octanol–water partition coefficient (Wildman–Crippen LogP) is 2.76. The first-order valence-corrected chi connectivity index (χ1v) is 6.63. The van der Waals surface area contributed by atoms with Crippen molar-refractivity contribution in [3.8, 4) is 11.4 Å². The molecule has 0 saturated carbocycles. The van der Waals surface area contributed by atoms with E-state index in [1.54, 1.807) is 13.4 Å². The van der Waals surface area contributed by atoms with Gasteiger partial charge in [0.25, 0.3) is 5.56 Å². The van der Waals surface area contributed by atoms with Crippen LogP contribution in [0.4, 0.5) is 0 Å². The molecule has 19 heavy (non-hydrogen) atoms. The Morgan fingerprint density at radius 3 is 2.95 bits per heavy atom. The number of hydrogen-bond acceptors (Lipinski definition) is 4. The first-order chi connectivity index (χ1) is 9.19. The number of thiophene rings is 1. The van der Waals surface area contributed by atoms with E-state index in [1.807, 2.05) is 37.3 Å². The molecule has 0 radical (unpaired) electrons. The number of rotatable bonds is 2. The Kier molecular flexibility index (Phi) is 2.83. The van der Waals surface area contributed by atoms with Gasteiger partial charge in [-0.25, -0.2) is 4.98 Å². The topological polar surface area (TPSA) is 44.1 Å². The zero-order valence-electron chi connectivity index (χ0n) is 10.6. The molecule has 2 heterocycles. The minimum atomic E-state index is -0.0531. The fraction of sp³-hybridized carbons (Fsp3) is 0.143. The number of aromatic nitrogens is 2. The van der Waals surface area contributed by atoms with Gasteiger partial charge in [-0.3, -0.25) is 9.36 Å². The van der Waals surface area contributed by atoms with Crippen LogP contribution in [-0.4, -0.2) is 16.7 Å². The third kappa shape index (κ3) is 2.02. The van der Waals surface area contributed by atoms with Gasteiger partial charge in [0.2, 0.25) is 0 Å². The van der Waals surface area contributed by atoms with Crippen LogP contribution in [0.5, 0.6) is 5.75 Å². The lowest BCUT2D eigenvalue weighted by Gasteiger charge is -2.06. The van der Waals surface area contributed by atoms with E-state index in [9.17, 15) is 4.79 Å². The molecule has 5 heteroatoms. The normalized spacial score (nSPS) is 10.8. The molecule has 0 amide bonds. The van der Waals surface area contributed by atoms with Crippen molar-refractivity contribution in [3.63, 3.8) is 0 Å². The predicted molar refractivity (Wildman–Crippen MR) is 76.5 cm³/mol. The second-order valence-corrected chi connectivity index (χ2v) is 5.43. The lowest BCUT2D eigenvalue weighted by molar-refractivity contribution is 0.414. The van der Waals surface area contributed by atoms with Crippen LogP contribution in [0, 0.1) is 6.92 Å². The monoisotopic (exact) mass is 272 g/mol. The van der Waals surface area contributed by atoms with Crippen molar-refractivity contribution < 1.29 is 4.74 Å². The maximum absolute atomic E-state index is 12.4. The maximum Gasteiger partial charge on any atom is 0.266 e. The van der Waals surface area contributed by atoms with Crippen LogP contribution < -0.4 is 10.3 Å². The van der Waals surface area contributed by atoms with E-state index in [-0.39, 0.29) is 5.56 Å². The number of benzene rings is 1. The second kappa shape index (κ2) is 4.51. The quantitative estimate of drug-likeness (QED) is 0.720. The summed E-state index contributed by atoms with van der Waals surface area (Å²) in [7, 11) is 1.60. The van der Waals surface area contributed by atoms with Gasteiger partial charge in [0.05, 0.1) is 18.2 Å². The Morgan fingerprint density at radius 1 is 1.32 bits per heavy atom. The Morgan fingerprint density at radius 2 is 2.16 bits per heavy atom. The second-order valence-electron chi connectivity index (χ2n) is 4.20. The molecular weight excluding hydrogens is 260 g/mol. The number of aryl methyl sites for hydroxylation is 1. The summed E-state index contributed by atoms with van der Waals surface area (Å²) in [5.74, 6) is 0.714. The molecule has 3 aromatic rings. The van der Waals surface area contributed by atoms with Crippen LogP contribution in [0.2, 0.25) is 0 Å². The van der Waals surface area contributed by atoms with Crippen LogP contribution in [0.3, 0.4) is 0 Å². The van der Waals surface area contributed by atoms with Gasteiger partial charge in [0.1, 0.15) is 16.9 Å². The van der Waals surface area contributed by atoms with Crippen molar-refractivity contribution in [1.29, 1.82) is 0 Å². The van der Waals surface area contributed by atoms with Gasteiger partial charge >= 0.3 is 0 Å². The van der Waals surface area contributed by atoms with Crippen LogP contribution in [0.1, 0.15) is 4.88 Å². The smallest absolute Gasteiger partial charge is 0.266 e. The van der Waals surface area contributed by atoms with Gasteiger partial charge in [-0.15, -0.1) is 11.3 Å².